The maximum atomic E-state index is 12.7. The smallest absolute Gasteiger partial charge is 0.274 e. The molecule has 3 aromatic rings. The van der Waals surface area contributed by atoms with Crippen molar-refractivity contribution in [2.45, 2.75) is 26.5 Å². The van der Waals surface area contributed by atoms with Crippen LogP contribution in [0.2, 0.25) is 0 Å². The van der Waals surface area contributed by atoms with Gasteiger partial charge in [0, 0.05) is 35.6 Å². The Kier molecular flexibility index (Phi) is 3.70. The van der Waals surface area contributed by atoms with Crippen molar-refractivity contribution in [2.24, 2.45) is 0 Å². The van der Waals surface area contributed by atoms with Gasteiger partial charge < -0.3 is 10.0 Å². The number of hydrogen-bond donors (Lipinski definition) is 3. The molecule has 124 valence electrons. The molecule has 4 rings (SSSR count). The van der Waals surface area contributed by atoms with E-state index in [-0.39, 0.29) is 12.5 Å². The molecule has 1 aliphatic heterocycles. The number of carbonyl (C=O) groups excluding carboxylic acids is 1. The minimum atomic E-state index is -0.127. The number of nitrogens with zero attached hydrogens (tertiary/aromatic N) is 3. The van der Waals surface area contributed by atoms with Crippen LogP contribution in [0.5, 0.6) is 0 Å². The molecule has 0 bridgehead atoms. The minimum absolute atomic E-state index is 0.110. The molecular formula is C16H17N5O2S. The predicted molar refractivity (Wildman–Crippen MR) is 89.6 cm³/mol. The second kappa shape index (κ2) is 5.88. The van der Waals surface area contributed by atoms with Gasteiger partial charge in [0.1, 0.15) is 0 Å². The number of aliphatic hydroxyl groups is 1. The van der Waals surface area contributed by atoms with Crippen LogP contribution in [0.1, 0.15) is 32.3 Å². The van der Waals surface area contributed by atoms with Crippen molar-refractivity contribution < 1.29 is 9.90 Å². The number of aryl methyl sites for hydroxylation is 1. The molecule has 0 spiro atoms. The van der Waals surface area contributed by atoms with E-state index in [2.05, 4.69) is 20.4 Å². The third kappa shape index (κ3) is 2.53. The highest BCUT2D eigenvalue weighted by molar-refractivity contribution is 7.15. The number of nitrogens with one attached hydrogen (secondary N) is 2. The van der Waals surface area contributed by atoms with Crippen molar-refractivity contribution in [3.8, 4) is 10.6 Å². The van der Waals surface area contributed by atoms with Crippen LogP contribution in [-0.4, -0.2) is 42.9 Å². The van der Waals surface area contributed by atoms with Crippen molar-refractivity contribution >= 4 is 17.2 Å². The van der Waals surface area contributed by atoms with E-state index in [1.807, 2.05) is 19.1 Å². The van der Waals surface area contributed by atoms with E-state index >= 15 is 0 Å². The Labute approximate surface area is 142 Å². The number of rotatable bonds is 3. The normalized spacial score (nSPS) is 14.0. The van der Waals surface area contributed by atoms with Crippen LogP contribution in [0, 0.1) is 6.92 Å². The third-order valence-electron chi connectivity index (χ3n) is 4.26. The second-order valence-corrected chi connectivity index (χ2v) is 7.13. The Hall–Kier alpha value is -2.45. The number of aliphatic hydroxyl groups excluding tert-OH is 1. The molecule has 8 heteroatoms. The van der Waals surface area contributed by atoms with Gasteiger partial charge in [0.15, 0.2) is 5.69 Å². The SMILES string of the molecule is Cc1ccc(-c2cc(C(=O)N3CCc4[nH]nc(CO)c4C3)n[nH]2)s1. The highest BCUT2D eigenvalue weighted by Crippen LogP contribution is 2.27. The van der Waals surface area contributed by atoms with Crippen molar-refractivity contribution in [1.82, 2.24) is 25.3 Å². The fourth-order valence-corrected chi connectivity index (χ4v) is 3.79. The molecule has 4 heterocycles. The van der Waals surface area contributed by atoms with E-state index in [9.17, 15) is 9.90 Å². The largest absolute Gasteiger partial charge is 0.390 e. The van der Waals surface area contributed by atoms with Crippen molar-refractivity contribution in [1.29, 1.82) is 0 Å². The van der Waals surface area contributed by atoms with Crippen LogP contribution in [-0.2, 0) is 19.6 Å². The van der Waals surface area contributed by atoms with Crippen LogP contribution in [0.3, 0.4) is 0 Å². The maximum Gasteiger partial charge on any atom is 0.274 e. The average Bonchev–Trinajstić information content (AvgIpc) is 3.32. The monoisotopic (exact) mass is 343 g/mol. The summed E-state index contributed by atoms with van der Waals surface area (Å²) in [6.45, 7) is 2.98. The van der Waals surface area contributed by atoms with Crippen molar-refractivity contribution in [3.63, 3.8) is 0 Å². The summed E-state index contributed by atoms with van der Waals surface area (Å²) in [6, 6.07) is 5.86. The summed E-state index contributed by atoms with van der Waals surface area (Å²) >= 11 is 1.66. The summed E-state index contributed by atoms with van der Waals surface area (Å²) in [7, 11) is 0. The fraction of sp³-hybridized carbons (Fsp3) is 0.312. The molecule has 24 heavy (non-hydrogen) atoms. The molecule has 0 saturated heterocycles. The zero-order valence-corrected chi connectivity index (χ0v) is 14.0. The Balaban J connectivity index is 1.55. The van der Waals surface area contributed by atoms with Gasteiger partial charge in [-0.3, -0.25) is 15.0 Å². The molecule has 0 saturated carbocycles. The molecule has 3 aromatic heterocycles. The van der Waals surface area contributed by atoms with E-state index in [4.69, 9.17) is 0 Å². The molecule has 0 radical (unpaired) electrons. The number of carbonyl (C=O) groups is 1. The number of amides is 1. The highest BCUT2D eigenvalue weighted by Gasteiger charge is 2.27. The summed E-state index contributed by atoms with van der Waals surface area (Å²) < 4.78 is 0. The first-order chi connectivity index (χ1) is 11.7. The Morgan fingerprint density at radius 3 is 3.00 bits per heavy atom. The van der Waals surface area contributed by atoms with Crippen molar-refractivity contribution in [3.05, 3.63) is 45.7 Å². The zero-order chi connectivity index (χ0) is 16.7. The van der Waals surface area contributed by atoms with Crippen LogP contribution in [0.25, 0.3) is 10.6 Å². The van der Waals surface area contributed by atoms with Gasteiger partial charge >= 0.3 is 0 Å². The summed E-state index contributed by atoms with van der Waals surface area (Å²) in [5, 5.41) is 23.5. The summed E-state index contributed by atoms with van der Waals surface area (Å²) in [6.07, 6.45) is 0.704. The molecule has 1 aliphatic rings. The lowest BCUT2D eigenvalue weighted by molar-refractivity contribution is 0.0727. The highest BCUT2D eigenvalue weighted by atomic mass is 32.1. The molecule has 0 aromatic carbocycles. The summed E-state index contributed by atoms with van der Waals surface area (Å²) in [5.74, 6) is -0.110. The number of thiophene rings is 1. The number of aromatic nitrogens is 4. The summed E-state index contributed by atoms with van der Waals surface area (Å²) in [5.41, 5.74) is 3.79. The average molecular weight is 343 g/mol. The van der Waals surface area contributed by atoms with Crippen LogP contribution < -0.4 is 0 Å². The number of aromatic amines is 2. The molecule has 0 atom stereocenters. The third-order valence-corrected chi connectivity index (χ3v) is 5.29. The molecular weight excluding hydrogens is 326 g/mol. The lowest BCUT2D eigenvalue weighted by atomic mass is 10.1. The first-order valence-corrected chi connectivity index (χ1v) is 8.54. The van der Waals surface area contributed by atoms with Gasteiger partial charge in [-0.1, -0.05) is 0 Å². The predicted octanol–water partition coefficient (Wildman–Crippen LogP) is 1.86. The maximum absolute atomic E-state index is 12.7. The number of hydrogen-bond acceptors (Lipinski definition) is 5. The van der Waals surface area contributed by atoms with Gasteiger partial charge in [0.25, 0.3) is 5.91 Å². The van der Waals surface area contributed by atoms with E-state index in [0.29, 0.717) is 30.9 Å². The first kappa shape index (κ1) is 15.1. The van der Waals surface area contributed by atoms with Crippen molar-refractivity contribution in [2.75, 3.05) is 6.54 Å². The molecule has 0 aliphatic carbocycles. The lowest BCUT2D eigenvalue weighted by Crippen LogP contribution is -2.36. The Morgan fingerprint density at radius 2 is 2.25 bits per heavy atom. The molecule has 3 N–H and O–H groups in total. The van der Waals surface area contributed by atoms with Gasteiger partial charge in [0.05, 0.1) is 22.9 Å². The van der Waals surface area contributed by atoms with Gasteiger partial charge in [-0.2, -0.15) is 10.2 Å². The van der Waals surface area contributed by atoms with Gasteiger partial charge in [-0.25, -0.2) is 0 Å². The number of fused-ring (bicyclic) bond motifs is 1. The zero-order valence-electron chi connectivity index (χ0n) is 13.2. The van der Waals surface area contributed by atoms with Crippen LogP contribution >= 0.6 is 11.3 Å². The Morgan fingerprint density at radius 1 is 1.38 bits per heavy atom. The Bertz CT molecular complexity index is 881. The minimum Gasteiger partial charge on any atom is -0.390 e. The van der Waals surface area contributed by atoms with E-state index < -0.39 is 0 Å². The molecule has 1 amide bonds. The first-order valence-electron chi connectivity index (χ1n) is 7.73. The van der Waals surface area contributed by atoms with Gasteiger partial charge in [-0.05, 0) is 25.1 Å². The van der Waals surface area contributed by atoms with Crippen LogP contribution in [0.4, 0.5) is 0 Å². The molecule has 0 unspecified atom stereocenters. The second-order valence-electron chi connectivity index (χ2n) is 5.84. The van der Waals surface area contributed by atoms with E-state index in [0.717, 1.165) is 21.8 Å². The van der Waals surface area contributed by atoms with Crippen LogP contribution in [0.15, 0.2) is 18.2 Å². The van der Waals surface area contributed by atoms with Gasteiger partial charge in [0.2, 0.25) is 0 Å². The van der Waals surface area contributed by atoms with Gasteiger partial charge in [-0.15, -0.1) is 11.3 Å². The summed E-state index contributed by atoms with van der Waals surface area (Å²) in [4.78, 5) is 16.8. The standard InChI is InChI=1S/C16H17N5O2S/c1-9-2-3-15(24-9)12-6-13(19-18-12)16(23)21-5-4-11-10(7-21)14(8-22)20-17-11/h2-3,6,22H,4-5,7-8H2,1H3,(H,17,20)(H,18,19). The number of H-pyrrole nitrogens is 2. The fourth-order valence-electron chi connectivity index (χ4n) is 2.96. The quantitative estimate of drug-likeness (QED) is 0.676. The lowest BCUT2D eigenvalue weighted by Gasteiger charge is -2.26. The molecule has 7 nitrogen and oxygen atoms in total. The molecule has 0 fully saturated rings. The van der Waals surface area contributed by atoms with E-state index in [1.165, 1.54) is 4.88 Å². The topological polar surface area (TPSA) is 97.9 Å². The van der Waals surface area contributed by atoms with E-state index in [1.54, 1.807) is 22.3 Å².